The summed E-state index contributed by atoms with van der Waals surface area (Å²) in [5, 5.41) is 57.3. The Balaban J connectivity index is 1.45. The average molecular weight is 703 g/mol. The van der Waals surface area contributed by atoms with Crippen molar-refractivity contribution in [1.29, 1.82) is 0 Å². The van der Waals surface area contributed by atoms with Crippen molar-refractivity contribution < 1.29 is 63.8 Å². The van der Waals surface area contributed by atoms with Crippen LogP contribution < -0.4 is 0 Å². The Labute approximate surface area is 292 Å². The van der Waals surface area contributed by atoms with Gasteiger partial charge in [0.1, 0.15) is 29.8 Å². The molecule has 4 aliphatic carbocycles. The molecule has 4 aliphatic rings. The number of rotatable bonds is 5. The lowest BCUT2D eigenvalue weighted by Gasteiger charge is -2.44. The number of hydrogen-bond donors (Lipinski definition) is 5. The largest absolute Gasteiger partial charge is 0.507 e. The fraction of sp³-hybridized carbons (Fsp3) is 0.421. The summed E-state index contributed by atoms with van der Waals surface area (Å²) in [5.74, 6) is -7.85. The highest BCUT2D eigenvalue weighted by Gasteiger charge is 2.54. The van der Waals surface area contributed by atoms with Gasteiger partial charge in [-0.05, 0) is 57.4 Å². The van der Waals surface area contributed by atoms with Gasteiger partial charge in [-0.15, -0.1) is 0 Å². The molecular formula is C38H38O13. The molecule has 2 aromatic carbocycles. The number of aliphatic hydroxyl groups excluding tert-OH is 1. The molecule has 13 heteroatoms. The Kier molecular flexibility index (Phi) is 8.48. The number of esters is 2. The van der Waals surface area contributed by atoms with Crippen molar-refractivity contribution in [2.24, 2.45) is 11.8 Å². The molecule has 2 aromatic rings. The van der Waals surface area contributed by atoms with Gasteiger partial charge in [0.2, 0.25) is 5.78 Å². The Morgan fingerprint density at radius 2 is 1.25 bits per heavy atom. The zero-order valence-electron chi connectivity index (χ0n) is 28.8. The number of hydrogen-bond acceptors (Lipinski definition) is 13. The highest BCUT2D eigenvalue weighted by molar-refractivity contribution is 6.38. The molecule has 0 fully saturated rings. The van der Waals surface area contributed by atoms with Crippen LogP contribution in [0.4, 0.5) is 0 Å². The van der Waals surface area contributed by atoms with Crippen LogP contribution in [0.3, 0.4) is 0 Å². The second-order valence-corrected chi connectivity index (χ2v) is 14.4. The SMILES string of the molecule is CC(=O)O[C@H](C)[C@@H]1C2=C(C(=O)C[C@]1(C)O)C(O)c1c(ccc(-c3ccc4c(c3O)C(=O)C3=C(C4=O)[C@@H]([C@@H](C)OC(C)=O)[C@@](C)(O)CC3=O)c1O)C2. The van der Waals surface area contributed by atoms with Crippen LogP contribution in [0.5, 0.6) is 11.5 Å². The molecule has 0 radical (unpaired) electrons. The summed E-state index contributed by atoms with van der Waals surface area (Å²) >= 11 is 0. The molecule has 13 nitrogen and oxygen atoms in total. The standard InChI is InChI=1S/C38H38O13/c1-14(50-16(3)39)30-22-11-18-7-8-19(32(43)25(18)35(46)26(22)23(41)12-37(30,5)48)20-9-10-21-27(33(20)44)36(47)28-24(42)13-38(6,49)31(29(28)34(21)45)15(2)51-17(4)40/h7-10,14-15,30-31,35,43-44,46,48-49H,11-13H2,1-6H3/t14-,15-,30-,31-,35?,37+,38+/m1/s1. The van der Waals surface area contributed by atoms with Crippen molar-refractivity contribution in [2.45, 2.75) is 90.3 Å². The molecule has 0 saturated heterocycles. The number of aliphatic hydroxyl groups is 3. The summed E-state index contributed by atoms with van der Waals surface area (Å²) in [6.07, 6.45) is -4.57. The zero-order valence-corrected chi connectivity index (χ0v) is 28.8. The van der Waals surface area contributed by atoms with Crippen molar-refractivity contribution in [2.75, 3.05) is 0 Å². The molecule has 6 rings (SSSR count). The van der Waals surface area contributed by atoms with Gasteiger partial charge in [0.05, 0.1) is 28.3 Å². The van der Waals surface area contributed by atoms with Crippen molar-refractivity contribution in [3.05, 3.63) is 68.8 Å². The quantitative estimate of drug-likeness (QED) is 0.224. The second-order valence-electron chi connectivity index (χ2n) is 14.4. The van der Waals surface area contributed by atoms with Crippen LogP contribution in [0.1, 0.15) is 92.3 Å². The Bertz CT molecular complexity index is 2050. The number of benzene rings is 2. The predicted molar refractivity (Wildman–Crippen MR) is 177 cm³/mol. The summed E-state index contributed by atoms with van der Waals surface area (Å²) in [4.78, 5) is 78.2. The predicted octanol–water partition coefficient (Wildman–Crippen LogP) is 2.91. The number of ether oxygens (including phenoxy) is 2. The van der Waals surface area contributed by atoms with Crippen molar-refractivity contribution in [3.63, 3.8) is 0 Å². The lowest BCUT2D eigenvalue weighted by Crippen LogP contribution is -2.52. The number of Topliss-reactive ketones (excluding diaryl/α,β-unsaturated/α-hetero) is 4. The van der Waals surface area contributed by atoms with Crippen LogP contribution in [-0.2, 0) is 35.1 Å². The van der Waals surface area contributed by atoms with Crippen LogP contribution in [0, 0.1) is 11.8 Å². The second kappa shape index (κ2) is 12.1. The van der Waals surface area contributed by atoms with E-state index in [1.54, 1.807) is 13.0 Å². The van der Waals surface area contributed by atoms with Crippen LogP contribution in [-0.4, -0.2) is 84.0 Å². The number of ketones is 4. The monoisotopic (exact) mass is 702 g/mol. The first-order valence-corrected chi connectivity index (χ1v) is 16.5. The van der Waals surface area contributed by atoms with Crippen molar-refractivity contribution >= 4 is 35.1 Å². The van der Waals surface area contributed by atoms with Gasteiger partial charge in [0, 0.05) is 66.0 Å². The first kappa shape index (κ1) is 35.8. The summed E-state index contributed by atoms with van der Waals surface area (Å²) in [7, 11) is 0. The average Bonchev–Trinajstić information content (AvgIpc) is 2.97. The maximum atomic E-state index is 14.0. The van der Waals surface area contributed by atoms with Gasteiger partial charge < -0.3 is 35.0 Å². The van der Waals surface area contributed by atoms with E-state index in [0.29, 0.717) is 11.1 Å². The lowest BCUT2D eigenvalue weighted by atomic mass is 9.64. The minimum absolute atomic E-state index is 0.00659. The van der Waals surface area contributed by atoms with E-state index in [4.69, 9.17) is 9.47 Å². The maximum Gasteiger partial charge on any atom is 0.302 e. The highest BCUT2D eigenvalue weighted by Crippen LogP contribution is 2.53. The Hall–Kier alpha value is -4.98. The zero-order chi connectivity index (χ0) is 37.6. The molecule has 0 aromatic heterocycles. The topological polar surface area (TPSA) is 222 Å². The van der Waals surface area contributed by atoms with Crippen LogP contribution in [0.2, 0.25) is 0 Å². The summed E-state index contributed by atoms with van der Waals surface area (Å²) in [6, 6.07) is 5.47. The van der Waals surface area contributed by atoms with Gasteiger partial charge in [0.15, 0.2) is 17.3 Å². The summed E-state index contributed by atoms with van der Waals surface area (Å²) in [5.41, 5.74) is -4.61. The third-order valence-corrected chi connectivity index (χ3v) is 10.5. The number of carbonyl (C=O) groups is 6. The van der Waals surface area contributed by atoms with Gasteiger partial charge in [-0.3, -0.25) is 28.8 Å². The van der Waals surface area contributed by atoms with E-state index in [2.05, 4.69) is 0 Å². The third-order valence-electron chi connectivity index (χ3n) is 10.5. The fourth-order valence-corrected chi connectivity index (χ4v) is 8.79. The molecule has 51 heavy (non-hydrogen) atoms. The van der Waals surface area contributed by atoms with E-state index in [0.717, 1.165) is 6.92 Å². The third kappa shape index (κ3) is 5.51. The van der Waals surface area contributed by atoms with E-state index in [-0.39, 0.29) is 46.2 Å². The van der Waals surface area contributed by atoms with Crippen LogP contribution in [0.25, 0.3) is 11.1 Å². The van der Waals surface area contributed by atoms with E-state index in [1.807, 2.05) is 0 Å². The van der Waals surface area contributed by atoms with Gasteiger partial charge in [-0.25, -0.2) is 0 Å². The Morgan fingerprint density at radius 1 is 0.745 bits per heavy atom. The first-order chi connectivity index (χ1) is 23.7. The molecule has 0 saturated carbocycles. The van der Waals surface area contributed by atoms with Crippen molar-refractivity contribution in [1.82, 2.24) is 0 Å². The molecule has 0 spiro atoms. The molecule has 5 N–H and O–H groups in total. The van der Waals surface area contributed by atoms with Crippen molar-refractivity contribution in [3.8, 4) is 22.6 Å². The summed E-state index contributed by atoms with van der Waals surface area (Å²) < 4.78 is 10.6. The van der Waals surface area contributed by atoms with E-state index >= 15 is 0 Å². The molecule has 268 valence electrons. The highest BCUT2D eigenvalue weighted by atomic mass is 16.5. The molecular weight excluding hydrogens is 664 g/mol. The van der Waals surface area contributed by atoms with Gasteiger partial charge in [-0.2, -0.15) is 0 Å². The van der Waals surface area contributed by atoms with E-state index in [9.17, 15) is 54.3 Å². The number of aromatic hydroxyl groups is 2. The Morgan fingerprint density at radius 3 is 1.86 bits per heavy atom. The molecule has 7 atom stereocenters. The maximum absolute atomic E-state index is 14.0. The molecule has 1 unspecified atom stereocenters. The van der Waals surface area contributed by atoms with Crippen LogP contribution >= 0.6 is 0 Å². The number of carbonyl (C=O) groups excluding carboxylic acids is 6. The van der Waals surface area contributed by atoms with Gasteiger partial charge in [-0.1, -0.05) is 12.1 Å². The van der Waals surface area contributed by atoms with Crippen LogP contribution in [0.15, 0.2) is 46.6 Å². The van der Waals surface area contributed by atoms with Gasteiger partial charge in [0.25, 0.3) is 0 Å². The number of fused-ring (bicyclic) bond motifs is 2. The first-order valence-electron chi connectivity index (χ1n) is 16.5. The number of allylic oxidation sites excluding steroid dienone is 1. The smallest absolute Gasteiger partial charge is 0.302 e. The minimum atomic E-state index is -1.85. The van der Waals surface area contributed by atoms with E-state index in [1.165, 1.54) is 45.9 Å². The number of phenols is 2. The van der Waals surface area contributed by atoms with Gasteiger partial charge >= 0.3 is 11.9 Å². The molecule has 0 heterocycles. The normalized spacial score (nSPS) is 28.4. The number of phenolic OH excluding ortho intramolecular Hbond substituents is 2. The molecule has 0 bridgehead atoms. The minimum Gasteiger partial charge on any atom is -0.507 e. The molecule has 0 amide bonds. The summed E-state index contributed by atoms with van der Waals surface area (Å²) in [6.45, 7) is 8.14. The fourth-order valence-electron chi connectivity index (χ4n) is 8.79. The lowest BCUT2D eigenvalue weighted by molar-refractivity contribution is -0.155. The molecule has 0 aliphatic heterocycles. The van der Waals surface area contributed by atoms with E-state index < -0.39 is 105 Å².